The van der Waals surface area contributed by atoms with Crippen LogP contribution in [0.25, 0.3) is 0 Å². The Labute approximate surface area is 72.3 Å². The highest BCUT2D eigenvalue weighted by atomic mass is 16.4. The summed E-state index contributed by atoms with van der Waals surface area (Å²) in [6, 6.07) is 0. The van der Waals surface area contributed by atoms with Crippen LogP contribution in [0.1, 0.15) is 13.3 Å². The second-order valence-corrected chi connectivity index (χ2v) is 4.10. The van der Waals surface area contributed by atoms with Crippen LogP contribution >= 0.6 is 0 Å². The van der Waals surface area contributed by atoms with E-state index in [0.29, 0.717) is 17.8 Å². The van der Waals surface area contributed by atoms with Crippen molar-refractivity contribution in [3.8, 4) is 0 Å². The van der Waals surface area contributed by atoms with Crippen molar-refractivity contribution in [1.82, 2.24) is 0 Å². The molecule has 66 valence electrons. The van der Waals surface area contributed by atoms with Crippen molar-refractivity contribution in [3.63, 3.8) is 0 Å². The normalized spacial score (nSPS) is 49.9. The summed E-state index contributed by atoms with van der Waals surface area (Å²) in [5.41, 5.74) is 0. The van der Waals surface area contributed by atoms with Crippen molar-refractivity contribution < 1.29 is 9.90 Å². The second-order valence-electron chi connectivity index (χ2n) is 4.10. The minimum Gasteiger partial charge on any atom is -0.481 e. The molecule has 2 aliphatic carbocycles. The zero-order valence-electron chi connectivity index (χ0n) is 7.23. The van der Waals surface area contributed by atoms with Crippen molar-refractivity contribution in [2.75, 3.05) is 0 Å². The molecule has 0 aromatic rings. The molecule has 0 aliphatic heterocycles. The van der Waals surface area contributed by atoms with Crippen LogP contribution in [0.3, 0.4) is 0 Å². The minimum absolute atomic E-state index is 0.161. The Balaban J connectivity index is 2.21. The number of carboxylic acid groups (broad SMARTS) is 1. The standard InChI is InChI=1S/C10H14O2/c1-3-6-8-4-7(8)5(2)9(6)10(11)12/h3,5-9H,1,4H2,2H3,(H,11,12)/t5-,6?,7?,8?,9?/m1/s1. The molecule has 0 aromatic carbocycles. The SMILES string of the molecule is C=CC1C2CC2[C@@H](C)C1C(=O)O. The van der Waals surface area contributed by atoms with Gasteiger partial charge in [0.15, 0.2) is 0 Å². The summed E-state index contributed by atoms with van der Waals surface area (Å²) in [6.07, 6.45) is 3.06. The third-order valence-corrected chi connectivity index (χ3v) is 3.60. The van der Waals surface area contributed by atoms with Crippen LogP contribution in [-0.4, -0.2) is 11.1 Å². The zero-order valence-corrected chi connectivity index (χ0v) is 7.23. The quantitative estimate of drug-likeness (QED) is 0.635. The fourth-order valence-corrected chi connectivity index (χ4v) is 2.88. The molecular weight excluding hydrogens is 152 g/mol. The van der Waals surface area contributed by atoms with Crippen LogP contribution in [0, 0.1) is 29.6 Å². The van der Waals surface area contributed by atoms with Crippen LogP contribution in [0.5, 0.6) is 0 Å². The largest absolute Gasteiger partial charge is 0.481 e. The van der Waals surface area contributed by atoms with Crippen LogP contribution in [0.2, 0.25) is 0 Å². The molecule has 0 amide bonds. The van der Waals surface area contributed by atoms with Crippen LogP contribution < -0.4 is 0 Å². The Morgan fingerprint density at radius 2 is 2.25 bits per heavy atom. The highest BCUT2D eigenvalue weighted by Gasteiger charge is 2.58. The molecule has 1 N–H and O–H groups in total. The van der Waals surface area contributed by atoms with Gasteiger partial charge in [-0.25, -0.2) is 0 Å². The molecular formula is C10H14O2. The number of fused-ring (bicyclic) bond motifs is 1. The molecule has 2 saturated carbocycles. The predicted molar refractivity (Wildman–Crippen MR) is 45.6 cm³/mol. The van der Waals surface area contributed by atoms with Crippen molar-refractivity contribution in [3.05, 3.63) is 12.7 Å². The lowest BCUT2D eigenvalue weighted by Crippen LogP contribution is -2.25. The Morgan fingerprint density at radius 1 is 1.58 bits per heavy atom. The number of aliphatic carboxylic acids is 1. The van der Waals surface area contributed by atoms with E-state index in [4.69, 9.17) is 5.11 Å². The van der Waals surface area contributed by atoms with Gasteiger partial charge in [-0.3, -0.25) is 4.79 Å². The summed E-state index contributed by atoms with van der Waals surface area (Å²) in [4.78, 5) is 10.9. The monoisotopic (exact) mass is 166 g/mol. The molecule has 0 radical (unpaired) electrons. The molecule has 0 aromatic heterocycles. The lowest BCUT2D eigenvalue weighted by molar-refractivity contribution is -0.144. The van der Waals surface area contributed by atoms with Crippen molar-refractivity contribution in [2.45, 2.75) is 13.3 Å². The van der Waals surface area contributed by atoms with Gasteiger partial charge >= 0.3 is 5.97 Å². The summed E-state index contributed by atoms with van der Waals surface area (Å²) in [6.45, 7) is 5.79. The van der Waals surface area contributed by atoms with Gasteiger partial charge in [-0.2, -0.15) is 0 Å². The summed E-state index contributed by atoms with van der Waals surface area (Å²) >= 11 is 0. The van der Waals surface area contributed by atoms with E-state index in [1.54, 1.807) is 0 Å². The third kappa shape index (κ3) is 0.838. The number of hydrogen-bond donors (Lipinski definition) is 1. The van der Waals surface area contributed by atoms with Gasteiger partial charge in [0.2, 0.25) is 0 Å². The van der Waals surface area contributed by atoms with Crippen molar-refractivity contribution >= 4 is 5.97 Å². The van der Waals surface area contributed by atoms with Gasteiger partial charge in [-0.05, 0) is 30.1 Å². The Hall–Kier alpha value is -0.790. The van der Waals surface area contributed by atoms with Gasteiger partial charge < -0.3 is 5.11 Å². The van der Waals surface area contributed by atoms with Crippen molar-refractivity contribution in [1.29, 1.82) is 0 Å². The Bertz CT molecular complexity index is 234. The molecule has 2 heteroatoms. The van der Waals surface area contributed by atoms with E-state index in [0.717, 1.165) is 0 Å². The third-order valence-electron chi connectivity index (χ3n) is 3.60. The fraction of sp³-hybridized carbons (Fsp3) is 0.700. The molecule has 0 spiro atoms. The molecule has 2 aliphatic rings. The van der Waals surface area contributed by atoms with E-state index in [1.165, 1.54) is 6.42 Å². The predicted octanol–water partition coefficient (Wildman–Crippen LogP) is 1.78. The van der Waals surface area contributed by atoms with E-state index < -0.39 is 5.97 Å². The van der Waals surface area contributed by atoms with Gasteiger partial charge in [0.1, 0.15) is 0 Å². The Morgan fingerprint density at radius 3 is 2.67 bits per heavy atom. The first-order chi connectivity index (χ1) is 5.66. The first-order valence-electron chi connectivity index (χ1n) is 4.52. The summed E-state index contributed by atoms with van der Waals surface area (Å²) < 4.78 is 0. The molecule has 2 rings (SSSR count). The molecule has 0 heterocycles. The average Bonchev–Trinajstić information content (AvgIpc) is 2.72. The van der Waals surface area contributed by atoms with E-state index in [9.17, 15) is 4.79 Å². The van der Waals surface area contributed by atoms with Crippen LogP contribution in [0.15, 0.2) is 12.7 Å². The zero-order chi connectivity index (χ0) is 8.88. The van der Waals surface area contributed by atoms with Gasteiger partial charge in [0.05, 0.1) is 5.92 Å². The first-order valence-corrected chi connectivity index (χ1v) is 4.52. The van der Waals surface area contributed by atoms with Crippen LogP contribution in [-0.2, 0) is 4.79 Å². The maximum Gasteiger partial charge on any atom is 0.307 e. The van der Waals surface area contributed by atoms with E-state index >= 15 is 0 Å². The number of carbonyl (C=O) groups is 1. The molecule has 2 fully saturated rings. The van der Waals surface area contributed by atoms with Gasteiger partial charge in [-0.15, -0.1) is 6.58 Å². The second kappa shape index (κ2) is 2.35. The smallest absolute Gasteiger partial charge is 0.307 e. The lowest BCUT2D eigenvalue weighted by atomic mass is 9.85. The lowest BCUT2D eigenvalue weighted by Gasteiger charge is -2.19. The van der Waals surface area contributed by atoms with E-state index in [2.05, 4.69) is 13.5 Å². The minimum atomic E-state index is -0.639. The van der Waals surface area contributed by atoms with Crippen LogP contribution in [0.4, 0.5) is 0 Å². The molecule has 0 saturated heterocycles. The number of rotatable bonds is 2. The molecule has 12 heavy (non-hydrogen) atoms. The summed E-state index contributed by atoms with van der Waals surface area (Å²) in [5.74, 6) is 1.11. The Kier molecular flexibility index (Phi) is 1.53. The van der Waals surface area contributed by atoms with Gasteiger partial charge in [-0.1, -0.05) is 13.0 Å². The summed E-state index contributed by atoms with van der Waals surface area (Å²) in [5, 5.41) is 8.98. The topological polar surface area (TPSA) is 37.3 Å². The highest BCUT2D eigenvalue weighted by Crippen LogP contribution is 2.61. The fourth-order valence-electron chi connectivity index (χ4n) is 2.88. The number of hydrogen-bond acceptors (Lipinski definition) is 1. The van der Waals surface area contributed by atoms with Crippen molar-refractivity contribution in [2.24, 2.45) is 29.6 Å². The first kappa shape index (κ1) is 7.84. The number of allylic oxidation sites excluding steroid dienone is 1. The summed E-state index contributed by atoms with van der Waals surface area (Å²) in [7, 11) is 0. The maximum atomic E-state index is 10.9. The van der Waals surface area contributed by atoms with E-state index in [1.807, 2.05) is 6.08 Å². The highest BCUT2D eigenvalue weighted by molar-refractivity contribution is 5.72. The molecule has 4 unspecified atom stereocenters. The van der Waals surface area contributed by atoms with Gasteiger partial charge in [0, 0.05) is 0 Å². The average molecular weight is 166 g/mol. The van der Waals surface area contributed by atoms with Gasteiger partial charge in [0.25, 0.3) is 0 Å². The molecule has 5 atom stereocenters. The maximum absolute atomic E-state index is 10.9. The number of carboxylic acids is 1. The molecule has 2 nitrogen and oxygen atoms in total. The molecule has 0 bridgehead atoms. The van der Waals surface area contributed by atoms with E-state index in [-0.39, 0.29) is 11.8 Å².